The molecule has 0 aliphatic carbocycles. The molecule has 0 bridgehead atoms. The highest BCUT2D eigenvalue weighted by Gasteiger charge is 2.41. The predicted molar refractivity (Wildman–Crippen MR) is 92.2 cm³/mol. The fourth-order valence-electron chi connectivity index (χ4n) is 2.72. The number of thioether (sulfide) groups is 1. The zero-order valence-electron chi connectivity index (χ0n) is 13.4. The minimum Gasteiger partial charge on any atom is -0.301 e. The van der Waals surface area contributed by atoms with Gasteiger partial charge in [-0.2, -0.15) is 0 Å². The number of aryl methyl sites for hydroxylation is 2. The molecule has 1 aliphatic heterocycles. The maximum absolute atomic E-state index is 12.7. The van der Waals surface area contributed by atoms with Crippen LogP contribution >= 0.6 is 11.8 Å². The normalized spacial score (nSPS) is 17.6. The number of para-hydroxylation sites is 1. The molecule has 1 atom stereocenters. The van der Waals surface area contributed by atoms with E-state index in [1.165, 1.54) is 11.0 Å². The van der Waals surface area contributed by atoms with E-state index in [0.717, 1.165) is 23.7 Å². The molecule has 7 heteroatoms. The lowest BCUT2D eigenvalue weighted by Gasteiger charge is -2.18. The first-order valence-corrected chi connectivity index (χ1v) is 8.57. The highest BCUT2D eigenvalue weighted by Crippen LogP contribution is 2.33. The van der Waals surface area contributed by atoms with Crippen molar-refractivity contribution in [3.63, 3.8) is 0 Å². The molecule has 1 aliphatic rings. The summed E-state index contributed by atoms with van der Waals surface area (Å²) in [6.45, 7) is 3.70. The lowest BCUT2D eigenvalue weighted by Crippen LogP contribution is -2.32. The number of imide groups is 1. The third-order valence-electron chi connectivity index (χ3n) is 3.82. The first kappa shape index (κ1) is 16.4. The van der Waals surface area contributed by atoms with Crippen molar-refractivity contribution >= 4 is 29.3 Å². The Hall–Kier alpha value is -2.41. The van der Waals surface area contributed by atoms with Crippen molar-refractivity contribution in [1.29, 1.82) is 0 Å². The molecule has 0 saturated carbocycles. The number of nitrogens with zero attached hydrogens (tertiary/aromatic N) is 2. The van der Waals surface area contributed by atoms with Gasteiger partial charge < -0.3 is 4.98 Å². The van der Waals surface area contributed by atoms with Gasteiger partial charge in [-0.15, -0.1) is 0 Å². The molecule has 1 saturated heterocycles. The topological polar surface area (TPSA) is 83.1 Å². The van der Waals surface area contributed by atoms with Crippen LogP contribution in [0.2, 0.25) is 0 Å². The highest BCUT2D eigenvalue weighted by molar-refractivity contribution is 8.00. The van der Waals surface area contributed by atoms with Crippen LogP contribution < -0.4 is 10.5 Å². The van der Waals surface area contributed by atoms with Gasteiger partial charge in [0, 0.05) is 18.2 Å². The van der Waals surface area contributed by atoms with Crippen molar-refractivity contribution in [3.05, 3.63) is 51.9 Å². The molecule has 2 aromatic rings. The van der Waals surface area contributed by atoms with Gasteiger partial charge in [0.1, 0.15) is 5.25 Å². The number of anilines is 1. The predicted octanol–water partition coefficient (Wildman–Crippen LogP) is 2.06. The number of H-pyrrole nitrogens is 1. The Morgan fingerprint density at radius 1 is 1.29 bits per heavy atom. The van der Waals surface area contributed by atoms with Crippen molar-refractivity contribution in [2.75, 3.05) is 4.90 Å². The first-order valence-electron chi connectivity index (χ1n) is 7.69. The van der Waals surface area contributed by atoms with Crippen molar-refractivity contribution in [3.8, 4) is 0 Å². The monoisotopic (exact) mass is 343 g/mol. The van der Waals surface area contributed by atoms with E-state index in [-0.39, 0.29) is 23.8 Å². The number of hydrogen-bond acceptors (Lipinski definition) is 5. The van der Waals surface area contributed by atoms with Crippen molar-refractivity contribution in [2.24, 2.45) is 0 Å². The molecule has 1 aromatic carbocycles. The Morgan fingerprint density at radius 2 is 2.04 bits per heavy atom. The lowest BCUT2D eigenvalue weighted by atomic mass is 10.1. The number of rotatable bonds is 4. The molecule has 24 heavy (non-hydrogen) atoms. The van der Waals surface area contributed by atoms with E-state index in [0.29, 0.717) is 16.5 Å². The van der Waals surface area contributed by atoms with Crippen LogP contribution in [0.3, 0.4) is 0 Å². The second kappa shape index (κ2) is 6.60. The van der Waals surface area contributed by atoms with Gasteiger partial charge >= 0.3 is 0 Å². The third kappa shape index (κ3) is 3.12. The van der Waals surface area contributed by atoms with E-state index in [9.17, 15) is 14.4 Å². The Labute approximate surface area is 143 Å². The lowest BCUT2D eigenvalue weighted by molar-refractivity contribution is -0.121. The number of aromatic amines is 1. The SMILES string of the molecule is CCc1ccccc1N1C(=O)CC(Sc2nc(C)cc(=O)[nH]2)C1=O. The minimum absolute atomic E-state index is 0.0964. The van der Waals surface area contributed by atoms with Crippen molar-refractivity contribution in [1.82, 2.24) is 9.97 Å². The minimum atomic E-state index is -0.577. The molecule has 2 amide bonds. The van der Waals surface area contributed by atoms with Crippen LogP contribution in [0.5, 0.6) is 0 Å². The van der Waals surface area contributed by atoms with Crippen LogP contribution in [0, 0.1) is 6.92 Å². The van der Waals surface area contributed by atoms with Crippen LogP contribution in [-0.2, 0) is 16.0 Å². The van der Waals surface area contributed by atoms with Crippen LogP contribution in [0.15, 0.2) is 40.3 Å². The van der Waals surface area contributed by atoms with Gasteiger partial charge in [0.05, 0.1) is 5.69 Å². The fourth-order valence-corrected chi connectivity index (χ4v) is 3.78. The van der Waals surface area contributed by atoms with Gasteiger partial charge in [-0.3, -0.25) is 14.4 Å². The summed E-state index contributed by atoms with van der Waals surface area (Å²) in [6.07, 6.45) is 0.830. The van der Waals surface area contributed by atoms with Crippen LogP contribution in [0.1, 0.15) is 24.6 Å². The average molecular weight is 343 g/mol. The maximum Gasteiger partial charge on any atom is 0.251 e. The van der Waals surface area contributed by atoms with Crippen LogP contribution in [0.25, 0.3) is 0 Å². The molecule has 2 heterocycles. The first-order chi connectivity index (χ1) is 11.5. The number of carbonyl (C=O) groups is 2. The molecular weight excluding hydrogens is 326 g/mol. The fraction of sp³-hybridized carbons (Fsp3) is 0.294. The zero-order chi connectivity index (χ0) is 17.3. The quantitative estimate of drug-likeness (QED) is 0.679. The van der Waals surface area contributed by atoms with Crippen LogP contribution in [0.4, 0.5) is 5.69 Å². The summed E-state index contributed by atoms with van der Waals surface area (Å²) in [6, 6.07) is 8.79. The Morgan fingerprint density at radius 3 is 2.75 bits per heavy atom. The molecule has 0 spiro atoms. The number of carbonyl (C=O) groups excluding carboxylic acids is 2. The summed E-state index contributed by atoms with van der Waals surface area (Å²) in [5.41, 5.74) is 1.90. The number of aromatic nitrogens is 2. The molecule has 3 rings (SSSR count). The van der Waals surface area contributed by atoms with Gasteiger partial charge in [-0.1, -0.05) is 36.9 Å². The summed E-state index contributed by atoms with van der Waals surface area (Å²) in [5.74, 6) is -0.497. The molecule has 1 unspecified atom stereocenters. The summed E-state index contributed by atoms with van der Waals surface area (Å²) < 4.78 is 0. The second-order valence-corrected chi connectivity index (χ2v) is 6.74. The van der Waals surface area contributed by atoms with E-state index in [1.807, 2.05) is 25.1 Å². The molecule has 1 fully saturated rings. The van der Waals surface area contributed by atoms with Gasteiger partial charge in [-0.25, -0.2) is 9.88 Å². The molecule has 124 valence electrons. The van der Waals surface area contributed by atoms with Gasteiger partial charge in [0.15, 0.2) is 5.16 Å². The Bertz CT molecular complexity index is 862. The summed E-state index contributed by atoms with van der Waals surface area (Å²) >= 11 is 1.12. The highest BCUT2D eigenvalue weighted by atomic mass is 32.2. The van der Waals surface area contributed by atoms with E-state index < -0.39 is 5.25 Å². The molecular formula is C17H17N3O3S. The van der Waals surface area contributed by atoms with Gasteiger partial charge in [-0.05, 0) is 25.0 Å². The largest absolute Gasteiger partial charge is 0.301 e. The molecule has 0 radical (unpaired) electrons. The Balaban J connectivity index is 1.88. The van der Waals surface area contributed by atoms with E-state index in [1.54, 1.807) is 13.0 Å². The number of amides is 2. The van der Waals surface area contributed by atoms with Gasteiger partial charge in [0.25, 0.3) is 5.56 Å². The maximum atomic E-state index is 12.7. The molecule has 1 aromatic heterocycles. The van der Waals surface area contributed by atoms with E-state index >= 15 is 0 Å². The van der Waals surface area contributed by atoms with Crippen LogP contribution in [-0.4, -0.2) is 27.0 Å². The average Bonchev–Trinajstić information content (AvgIpc) is 2.80. The van der Waals surface area contributed by atoms with E-state index in [2.05, 4.69) is 9.97 Å². The Kier molecular flexibility index (Phi) is 4.53. The zero-order valence-corrected chi connectivity index (χ0v) is 14.2. The smallest absolute Gasteiger partial charge is 0.251 e. The van der Waals surface area contributed by atoms with Crippen molar-refractivity contribution < 1.29 is 9.59 Å². The number of hydrogen-bond donors (Lipinski definition) is 1. The summed E-state index contributed by atoms with van der Waals surface area (Å²) in [4.78, 5) is 44.7. The van der Waals surface area contributed by atoms with E-state index in [4.69, 9.17) is 0 Å². The van der Waals surface area contributed by atoms with Gasteiger partial charge in [0.2, 0.25) is 11.8 Å². The summed E-state index contributed by atoms with van der Waals surface area (Å²) in [5, 5.41) is -0.218. The standard InChI is InChI=1S/C17H17N3O3S/c1-3-11-6-4-5-7-12(11)20-15(22)9-13(16(20)23)24-17-18-10(2)8-14(21)19-17/h4-8,13H,3,9H2,1-2H3,(H,18,19,21). The molecule has 6 nitrogen and oxygen atoms in total. The number of benzene rings is 1. The number of nitrogens with one attached hydrogen (secondary N) is 1. The summed E-state index contributed by atoms with van der Waals surface area (Å²) in [7, 11) is 0. The molecule has 1 N–H and O–H groups in total. The third-order valence-corrected chi connectivity index (χ3v) is 4.89. The second-order valence-electron chi connectivity index (χ2n) is 5.55. The van der Waals surface area contributed by atoms with Crippen molar-refractivity contribution in [2.45, 2.75) is 37.1 Å².